The van der Waals surface area contributed by atoms with Gasteiger partial charge in [-0.1, -0.05) is 26.0 Å². The van der Waals surface area contributed by atoms with Crippen LogP contribution in [0.1, 0.15) is 25.1 Å². The highest BCUT2D eigenvalue weighted by molar-refractivity contribution is 5.94. The van der Waals surface area contributed by atoms with Crippen LogP contribution in [0.3, 0.4) is 0 Å². The van der Waals surface area contributed by atoms with E-state index in [9.17, 15) is 29.4 Å². The fourth-order valence-electron chi connectivity index (χ4n) is 3.32. The molecule has 1 aromatic heterocycles. The van der Waals surface area contributed by atoms with Crippen molar-refractivity contribution in [3.05, 3.63) is 48.0 Å². The van der Waals surface area contributed by atoms with Gasteiger partial charge in [-0.15, -0.1) is 0 Å². The van der Waals surface area contributed by atoms with Crippen LogP contribution in [0.2, 0.25) is 0 Å². The van der Waals surface area contributed by atoms with Crippen molar-refractivity contribution in [2.75, 3.05) is 6.61 Å². The molecule has 0 saturated carbocycles. The Labute approximate surface area is 207 Å². The number of H-pyrrole nitrogens is 1. The van der Waals surface area contributed by atoms with E-state index in [1.54, 1.807) is 26.0 Å². The first-order chi connectivity index (χ1) is 17.0. The molecule has 0 spiro atoms. The first-order valence-corrected chi connectivity index (χ1v) is 11.3. The van der Waals surface area contributed by atoms with E-state index in [1.165, 1.54) is 24.7 Å². The fourth-order valence-corrected chi connectivity index (χ4v) is 3.32. The van der Waals surface area contributed by atoms with E-state index in [4.69, 9.17) is 10.8 Å². The molecule has 1 heterocycles. The number of aliphatic carboxylic acids is 1. The van der Waals surface area contributed by atoms with Crippen molar-refractivity contribution in [3.8, 4) is 5.75 Å². The maximum absolute atomic E-state index is 13.1. The normalized spacial score (nSPS) is 14.4. The van der Waals surface area contributed by atoms with E-state index in [-0.39, 0.29) is 24.5 Å². The van der Waals surface area contributed by atoms with Gasteiger partial charge in [0.25, 0.3) is 0 Å². The molecule has 2 rings (SSSR count). The van der Waals surface area contributed by atoms with Crippen molar-refractivity contribution < 1.29 is 34.5 Å². The van der Waals surface area contributed by atoms with Gasteiger partial charge < -0.3 is 42.0 Å². The lowest BCUT2D eigenvalue weighted by Gasteiger charge is -2.26. The molecular weight excluding hydrogens is 472 g/mol. The molecule has 9 N–H and O–H groups in total. The molecule has 0 aliphatic heterocycles. The molecule has 13 nitrogen and oxygen atoms in total. The van der Waals surface area contributed by atoms with Crippen molar-refractivity contribution in [2.24, 2.45) is 11.7 Å². The summed E-state index contributed by atoms with van der Waals surface area (Å²) in [5, 5.41) is 35.1. The van der Waals surface area contributed by atoms with E-state index in [2.05, 4.69) is 25.9 Å². The molecule has 0 radical (unpaired) electrons. The Bertz CT molecular complexity index is 1030. The number of aliphatic hydroxyl groups excluding tert-OH is 1. The van der Waals surface area contributed by atoms with E-state index >= 15 is 0 Å². The number of carbonyl (C=O) groups is 4. The molecule has 36 heavy (non-hydrogen) atoms. The van der Waals surface area contributed by atoms with E-state index in [0.29, 0.717) is 11.3 Å². The highest BCUT2D eigenvalue weighted by Gasteiger charge is 2.32. The number of aromatic amines is 1. The lowest BCUT2D eigenvalue weighted by molar-refractivity contribution is -0.143. The molecule has 0 aliphatic rings. The van der Waals surface area contributed by atoms with Gasteiger partial charge >= 0.3 is 5.97 Å². The Morgan fingerprint density at radius 3 is 2.14 bits per heavy atom. The molecule has 0 fully saturated rings. The number of nitrogens with one attached hydrogen (secondary N) is 4. The number of nitrogens with zero attached hydrogens (tertiary/aromatic N) is 1. The molecule has 13 heteroatoms. The van der Waals surface area contributed by atoms with Gasteiger partial charge in [-0.05, 0) is 30.0 Å². The minimum atomic E-state index is -1.56. The first-order valence-electron chi connectivity index (χ1n) is 11.3. The number of carboxylic acids is 1. The van der Waals surface area contributed by atoms with Gasteiger partial charge in [0.1, 0.15) is 23.9 Å². The van der Waals surface area contributed by atoms with Gasteiger partial charge in [0.05, 0.1) is 19.0 Å². The number of hydrogen-bond acceptors (Lipinski definition) is 8. The van der Waals surface area contributed by atoms with Crippen molar-refractivity contribution in [2.45, 2.75) is 50.9 Å². The number of aromatic nitrogens is 2. The summed E-state index contributed by atoms with van der Waals surface area (Å²) < 4.78 is 0. The molecule has 196 valence electrons. The van der Waals surface area contributed by atoms with Crippen LogP contribution in [0.15, 0.2) is 36.8 Å². The molecule has 4 unspecified atom stereocenters. The third-order valence-electron chi connectivity index (χ3n) is 5.38. The van der Waals surface area contributed by atoms with Crippen LogP contribution in [0.4, 0.5) is 0 Å². The fraction of sp³-hybridized carbons (Fsp3) is 0.435. The number of rotatable bonds is 13. The predicted molar refractivity (Wildman–Crippen MR) is 127 cm³/mol. The van der Waals surface area contributed by atoms with Crippen molar-refractivity contribution in [1.29, 1.82) is 0 Å². The zero-order valence-electron chi connectivity index (χ0n) is 20.0. The van der Waals surface area contributed by atoms with Gasteiger partial charge in [-0.25, -0.2) is 9.78 Å². The van der Waals surface area contributed by atoms with Crippen molar-refractivity contribution in [1.82, 2.24) is 25.9 Å². The molecular formula is C23H32N6O7. The number of nitrogens with two attached hydrogens (primary N) is 1. The van der Waals surface area contributed by atoms with Crippen LogP contribution in [0.25, 0.3) is 0 Å². The molecule has 2 aromatic rings. The van der Waals surface area contributed by atoms with Gasteiger partial charge in [-0.3, -0.25) is 14.4 Å². The second-order valence-electron chi connectivity index (χ2n) is 8.63. The van der Waals surface area contributed by atoms with E-state index < -0.39 is 54.5 Å². The van der Waals surface area contributed by atoms with Crippen LogP contribution in [-0.2, 0) is 32.0 Å². The summed E-state index contributed by atoms with van der Waals surface area (Å²) >= 11 is 0. The summed E-state index contributed by atoms with van der Waals surface area (Å²) in [6.07, 6.45) is 2.94. The van der Waals surface area contributed by atoms with Gasteiger partial charge in [-0.2, -0.15) is 0 Å². The maximum atomic E-state index is 13.1. The number of carbonyl (C=O) groups excluding carboxylic acids is 3. The van der Waals surface area contributed by atoms with Crippen LogP contribution >= 0.6 is 0 Å². The number of aromatic hydroxyl groups is 1. The second kappa shape index (κ2) is 13.2. The summed E-state index contributed by atoms with van der Waals surface area (Å²) in [4.78, 5) is 56.5. The Morgan fingerprint density at radius 2 is 1.61 bits per heavy atom. The Morgan fingerprint density at radius 1 is 0.972 bits per heavy atom. The Kier molecular flexibility index (Phi) is 10.4. The van der Waals surface area contributed by atoms with Gasteiger partial charge in [0.2, 0.25) is 17.7 Å². The average molecular weight is 505 g/mol. The van der Waals surface area contributed by atoms with Crippen LogP contribution in [-0.4, -0.2) is 79.8 Å². The minimum absolute atomic E-state index is 0.0472. The van der Waals surface area contributed by atoms with Crippen molar-refractivity contribution in [3.63, 3.8) is 0 Å². The molecule has 3 amide bonds. The molecule has 0 bridgehead atoms. The number of aliphatic hydroxyl groups is 1. The number of amides is 3. The van der Waals surface area contributed by atoms with Gasteiger partial charge in [0.15, 0.2) is 0 Å². The summed E-state index contributed by atoms with van der Waals surface area (Å²) in [5.74, 6) is -3.83. The topological polar surface area (TPSA) is 220 Å². The predicted octanol–water partition coefficient (Wildman–Crippen LogP) is -1.58. The largest absolute Gasteiger partial charge is 0.508 e. The zero-order chi connectivity index (χ0) is 26.8. The Balaban J connectivity index is 2.11. The van der Waals surface area contributed by atoms with Crippen molar-refractivity contribution >= 4 is 23.7 Å². The standard InChI is InChI=1S/C23H32N6O7/c1-12(2)19(29-20(32)16(24)7-13-3-5-15(31)6-4-13)22(34)27-17(8-14-9-25-11-26-14)21(33)28-18(10-30)23(35)36/h3-6,9,11-12,16-19,30-31H,7-8,10,24H2,1-2H3,(H,25,26)(H,27,34)(H,28,33)(H,29,32)(H,35,36). The lowest BCUT2D eigenvalue weighted by atomic mass is 10.0. The molecule has 0 saturated heterocycles. The van der Waals surface area contributed by atoms with Gasteiger partial charge in [0, 0.05) is 18.3 Å². The number of carboxylic acid groups (broad SMARTS) is 1. The summed E-state index contributed by atoms with van der Waals surface area (Å²) in [6.45, 7) is 2.56. The number of imidazole rings is 1. The summed E-state index contributed by atoms with van der Waals surface area (Å²) in [6, 6.07) is 1.39. The van der Waals surface area contributed by atoms with Crippen LogP contribution in [0.5, 0.6) is 5.75 Å². The molecule has 1 aromatic carbocycles. The minimum Gasteiger partial charge on any atom is -0.508 e. The summed E-state index contributed by atoms with van der Waals surface area (Å²) in [7, 11) is 0. The smallest absolute Gasteiger partial charge is 0.328 e. The van der Waals surface area contributed by atoms with Crippen LogP contribution in [0, 0.1) is 5.92 Å². The molecule has 0 aliphatic carbocycles. The highest BCUT2D eigenvalue weighted by atomic mass is 16.4. The number of phenols is 1. The number of benzene rings is 1. The average Bonchev–Trinajstić information content (AvgIpc) is 3.34. The monoisotopic (exact) mass is 504 g/mol. The maximum Gasteiger partial charge on any atom is 0.328 e. The lowest BCUT2D eigenvalue weighted by Crippen LogP contribution is -2.59. The number of phenolic OH excluding ortho intramolecular Hbond substituents is 1. The summed E-state index contributed by atoms with van der Waals surface area (Å²) in [5.41, 5.74) is 7.22. The second-order valence-corrected chi connectivity index (χ2v) is 8.63. The van der Waals surface area contributed by atoms with Crippen LogP contribution < -0.4 is 21.7 Å². The SMILES string of the molecule is CC(C)C(NC(=O)C(N)Cc1ccc(O)cc1)C(=O)NC(Cc1cnc[nH]1)C(=O)NC(CO)C(=O)O. The first kappa shape index (κ1) is 28.3. The number of hydrogen-bond donors (Lipinski definition) is 8. The zero-order valence-corrected chi connectivity index (χ0v) is 20.0. The van der Waals surface area contributed by atoms with E-state index in [1.807, 2.05) is 0 Å². The third-order valence-corrected chi connectivity index (χ3v) is 5.38. The highest BCUT2D eigenvalue weighted by Crippen LogP contribution is 2.11. The third kappa shape index (κ3) is 8.36. The molecule has 4 atom stereocenters. The Hall–Kier alpha value is -3.97. The quantitative estimate of drug-likeness (QED) is 0.157. The van der Waals surface area contributed by atoms with E-state index in [0.717, 1.165) is 0 Å².